The molecule has 0 spiro atoms. The van der Waals surface area contributed by atoms with Crippen molar-refractivity contribution < 1.29 is 0 Å². The number of anilines is 1. The quantitative estimate of drug-likeness (QED) is 0.528. The molecule has 2 nitrogen and oxygen atoms in total. The Kier molecular flexibility index (Phi) is 3.69. The molecular weight excluding hydrogens is 172 g/mol. The highest BCUT2D eigenvalue weighted by atomic mass is 15.1. The molecule has 0 aliphatic carbocycles. The lowest BCUT2D eigenvalue weighted by molar-refractivity contribution is 0.866. The molecular formula is C12H18N2. The van der Waals surface area contributed by atoms with Gasteiger partial charge in [-0.15, -0.1) is 0 Å². The van der Waals surface area contributed by atoms with Crippen LogP contribution in [0.2, 0.25) is 0 Å². The Hall–Kier alpha value is -1.31. The summed E-state index contributed by atoms with van der Waals surface area (Å²) >= 11 is 0. The number of aliphatic imine (C=N–C) groups is 1. The van der Waals surface area contributed by atoms with Gasteiger partial charge >= 0.3 is 0 Å². The molecule has 14 heavy (non-hydrogen) atoms. The molecule has 0 heterocycles. The van der Waals surface area contributed by atoms with E-state index < -0.39 is 0 Å². The molecule has 0 aliphatic rings. The van der Waals surface area contributed by atoms with Gasteiger partial charge < -0.3 is 4.90 Å². The lowest BCUT2D eigenvalue weighted by Crippen LogP contribution is -2.13. The normalized spacial score (nSPS) is 11.2. The first-order chi connectivity index (χ1) is 6.65. The largest absolute Gasteiger partial charge is 0.336 e. The zero-order valence-electron chi connectivity index (χ0n) is 9.36. The second-order valence-corrected chi connectivity index (χ2v) is 3.73. The van der Waals surface area contributed by atoms with Gasteiger partial charge in [-0.05, 0) is 23.6 Å². The Balaban J connectivity index is 2.82. The van der Waals surface area contributed by atoms with E-state index in [4.69, 9.17) is 0 Å². The number of nitrogens with zero attached hydrogens (tertiary/aromatic N) is 2. The topological polar surface area (TPSA) is 15.6 Å². The van der Waals surface area contributed by atoms with Crippen LogP contribution in [0.4, 0.5) is 5.69 Å². The van der Waals surface area contributed by atoms with Gasteiger partial charge in [0, 0.05) is 19.8 Å². The van der Waals surface area contributed by atoms with E-state index in [2.05, 4.69) is 43.1 Å². The van der Waals surface area contributed by atoms with Crippen molar-refractivity contribution in [3.63, 3.8) is 0 Å². The molecule has 0 saturated carbocycles. The minimum Gasteiger partial charge on any atom is -0.336 e. The maximum Gasteiger partial charge on any atom is 0.0888 e. The van der Waals surface area contributed by atoms with Crippen LogP contribution < -0.4 is 4.90 Å². The minimum absolute atomic E-state index is 0.592. The van der Waals surface area contributed by atoms with Crippen LogP contribution >= 0.6 is 0 Å². The van der Waals surface area contributed by atoms with Crippen LogP contribution in [0.15, 0.2) is 29.3 Å². The fraction of sp³-hybridized carbons (Fsp3) is 0.417. The van der Waals surface area contributed by atoms with Crippen molar-refractivity contribution in [3.8, 4) is 0 Å². The van der Waals surface area contributed by atoms with Gasteiger partial charge in [0.15, 0.2) is 0 Å². The van der Waals surface area contributed by atoms with Gasteiger partial charge in [-0.25, -0.2) is 0 Å². The predicted octanol–water partition coefficient (Wildman–Crippen LogP) is 2.90. The molecule has 0 atom stereocenters. The summed E-state index contributed by atoms with van der Waals surface area (Å²) in [7, 11) is 3.77. The molecule has 1 aromatic rings. The average Bonchev–Trinajstić information content (AvgIpc) is 2.18. The maximum atomic E-state index is 3.97. The number of benzene rings is 1. The van der Waals surface area contributed by atoms with Gasteiger partial charge in [-0.1, -0.05) is 26.0 Å². The first kappa shape index (κ1) is 10.8. The van der Waals surface area contributed by atoms with Crippen LogP contribution in [-0.2, 0) is 0 Å². The van der Waals surface area contributed by atoms with Gasteiger partial charge in [0.1, 0.15) is 0 Å². The van der Waals surface area contributed by atoms with Crippen molar-refractivity contribution in [1.82, 2.24) is 0 Å². The Morgan fingerprint density at radius 3 is 2.21 bits per heavy atom. The molecule has 1 aromatic carbocycles. The Morgan fingerprint density at radius 1 is 1.21 bits per heavy atom. The summed E-state index contributed by atoms with van der Waals surface area (Å²) in [5.41, 5.74) is 2.54. The molecule has 0 N–H and O–H groups in total. The molecule has 0 fully saturated rings. The van der Waals surface area contributed by atoms with Crippen LogP contribution in [0.5, 0.6) is 0 Å². The van der Waals surface area contributed by atoms with Gasteiger partial charge in [0.2, 0.25) is 0 Å². The van der Waals surface area contributed by atoms with Crippen LogP contribution in [0.25, 0.3) is 0 Å². The summed E-state index contributed by atoms with van der Waals surface area (Å²) in [5.74, 6) is 0.592. The first-order valence-corrected chi connectivity index (χ1v) is 4.90. The maximum absolute atomic E-state index is 3.97. The smallest absolute Gasteiger partial charge is 0.0888 e. The highest BCUT2D eigenvalue weighted by Gasteiger charge is 2.00. The van der Waals surface area contributed by atoms with Gasteiger partial charge in [0.05, 0.1) is 6.34 Å². The molecule has 0 unspecified atom stereocenters. The summed E-state index contributed by atoms with van der Waals surface area (Å²) in [6, 6.07) is 8.58. The third-order valence-corrected chi connectivity index (χ3v) is 2.26. The standard InChI is InChI=1S/C12H18N2/c1-10(2)11-5-7-12(8-6-11)14(4)9-13-3/h5-10H,1-4H3. The fourth-order valence-electron chi connectivity index (χ4n) is 1.33. The third-order valence-electron chi connectivity index (χ3n) is 2.26. The van der Waals surface area contributed by atoms with E-state index >= 15 is 0 Å². The van der Waals surface area contributed by atoms with Crippen LogP contribution in [0, 0.1) is 0 Å². The molecule has 2 heteroatoms. The summed E-state index contributed by atoms with van der Waals surface area (Å²) in [5, 5.41) is 0. The molecule has 0 bridgehead atoms. The van der Waals surface area contributed by atoms with E-state index in [-0.39, 0.29) is 0 Å². The Labute approximate surface area is 86.3 Å². The predicted molar refractivity (Wildman–Crippen MR) is 63.4 cm³/mol. The lowest BCUT2D eigenvalue weighted by atomic mass is 10.0. The van der Waals surface area contributed by atoms with E-state index in [0.29, 0.717) is 5.92 Å². The fourth-order valence-corrected chi connectivity index (χ4v) is 1.33. The zero-order valence-corrected chi connectivity index (χ0v) is 9.36. The third kappa shape index (κ3) is 2.59. The molecule has 76 valence electrons. The van der Waals surface area contributed by atoms with Crippen molar-refractivity contribution in [1.29, 1.82) is 0 Å². The van der Waals surface area contributed by atoms with Crippen molar-refractivity contribution in [2.45, 2.75) is 19.8 Å². The molecule has 0 amide bonds. The highest BCUT2D eigenvalue weighted by molar-refractivity contribution is 5.78. The van der Waals surface area contributed by atoms with E-state index in [9.17, 15) is 0 Å². The van der Waals surface area contributed by atoms with Gasteiger partial charge in [-0.3, -0.25) is 4.99 Å². The highest BCUT2D eigenvalue weighted by Crippen LogP contribution is 2.18. The van der Waals surface area contributed by atoms with E-state index in [1.165, 1.54) is 11.3 Å². The lowest BCUT2D eigenvalue weighted by Gasteiger charge is -2.14. The summed E-state index contributed by atoms with van der Waals surface area (Å²) in [6.45, 7) is 4.40. The minimum atomic E-state index is 0.592. The number of rotatable bonds is 3. The monoisotopic (exact) mass is 190 g/mol. The molecule has 0 aromatic heterocycles. The first-order valence-electron chi connectivity index (χ1n) is 4.90. The number of hydrogen-bond donors (Lipinski definition) is 0. The van der Waals surface area contributed by atoms with E-state index in [0.717, 1.165) is 0 Å². The van der Waals surface area contributed by atoms with Crippen LogP contribution in [0.1, 0.15) is 25.3 Å². The Morgan fingerprint density at radius 2 is 1.79 bits per heavy atom. The van der Waals surface area contributed by atoms with Crippen molar-refractivity contribution in [2.75, 3.05) is 19.0 Å². The van der Waals surface area contributed by atoms with Gasteiger partial charge in [-0.2, -0.15) is 0 Å². The SMILES string of the molecule is CN=CN(C)c1ccc(C(C)C)cc1. The summed E-state index contributed by atoms with van der Waals surface area (Å²) < 4.78 is 0. The van der Waals surface area contributed by atoms with Crippen LogP contribution in [-0.4, -0.2) is 20.4 Å². The zero-order chi connectivity index (χ0) is 10.6. The molecule has 1 rings (SSSR count). The van der Waals surface area contributed by atoms with Crippen molar-refractivity contribution in [2.24, 2.45) is 4.99 Å². The number of hydrogen-bond acceptors (Lipinski definition) is 1. The molecule has 0 aliphatic heterocycles. The van der Waals surface area contributed by atoms with Crippen LogP contribution in [0.3, 0.4) is 0 Å². The average molecular weight is 190 g/mol. The van der Waals surface area contributed by atoms with E-state index in [1.807, 2.05) is 18.3 Å². The van der Waals surface area contributed by atoms with Crippen molar-refractivity contribution in [3.05, 3.63) is 29.8 Å². The molecule has 0 saturated heterocycles. The second kappa shape index (κ2) is 4.80. The molecule has 0 radical (unpaired) electrons. The summed E-state index contributed by atoms with van der Waals surface area (Å²) in [6.07, 6.45) is 1.81. The van der Waals surface area contributed by atoms with E-state index in [1.54, 1.807) is 7.05 Å². The van der Waals surface area contributed by atoms with Gasteiger partial charge in [0.25, 0.3) is 0 Å². The second-order valence-electron chi connectivity index (χ2n) is 3.73. The van der Waals surface area contributed by atoms with Crippen molar-refractivity contribution >= 4 is 12.0 Å². The summed E-state index contributed by atoms with van der Waals surface area (Å²) in [4.78, 5) is 5.97. The Bertz CT molecular complexity index is 299.